The van der Waals surface area contributed by atoms with Crippen LogP contribution in [-0.2, 0) is 62.0 Å². The van der Waals surface area contributed by atoms with Crippen LogP contribution in [-0.4, -0.2) is 134 Å². The Hall–Kier alpha value is -3.51. The zero-order valence-corrected chi connectivity index (χ0v) is 35.1. The number of ether oxygens (including phenoxy) is 6. The molecule has 0 radical (unpaired) electrons. The van der Waals surface area contributed by atoms with Gasteiger partial charge in [0, 0.05) is 71.2 Å². The third kappa shape index (κ3) is 5.17. The molecule has 19 unspecified atom stereocenters. The third-order valence-electron chi connectivity index (χ3n) is 18.3. The summed E-state index contributed by atoms with van der Waals surface area (Å²) in [5.41, 5.74) is -4.15. The van der Waals surface area contributed by atoms with Crippen molar-refractivity contribution in [1.82, 2.24) is 0 Å². The van der Waals surface area contributed by atoms with E-state index >= 15 is 0 Å². The minimum absolute atomic E-state index is 0.00940. The van der Waals surface area contributed by atoms with E-state index in [4.69, 9.17) is 18.9 Å². The number of fused-ring (bicyclic) bond motifs is 3. The summed E-state index contributed by atoms with van der Waals surface area (Å²) in [6, 6.07) is 0. The smallest absolute Gasteiger partial charge is 0.310 e. The highest BCUT2D eigenvalue weighted by atomic mass is 16.5. The molecule has 17 heteroatoms. The van der Waals surface area contributed by atoms with Crippen LogP contribution >= 0.6 is 0 Å². The molecule has 0 spiro atoms. The first-order valence-corrected chi connectivity index (χ1v) is 20.4. The molecule has 17 nitrogen and oxygen atoms in total. The molecule has 0 aromatic carbocycles. The molecule has 0 amide bonds. The topological polar surface area (TPSA) is 256 Å². The van der Waals surface area contributed by atoms with Gasteiger partial charge < -0.3 is 48.8 Å². The van der Waals surface area contributed by atoms with E-state index in [1.165, 1.54) is 21.3 Å². The SMILES string of the molecule is COC(=O)CC1C2C(O)C3OCC(C)(C13)C2(C)CO.COC(=O)CC1C2C3OCC2(C)C(C)(C(=O)O)C1C3=O.COC(=O)CC1C2C3OCC2(C)C(C)(C(=O)O)C1C3=O. The van der Waals surface area contributed by atoms with E-state index < -0.39 is 81.1 Å². The predicted octanol–water partition coefficient (Wildman–Crippen LogP) is 1.17. The van der Waals surface area contributed by atoms with Crippen molar-refractivity contribution in [3.8, 4) is 0 Å². The largest absolute Gasteiger partial charge is 0.481 e. The number of rotatable bonds is 9. The molecule has 3 heterocycles. The van der Waals surface area contributed by atoms with Crippen molar-refractivity contribution in [2.24, 2.45) is 85.8 Å². The Morgan fingerprint density at radius 2 is 0.966 bits per heavy atom. The second-order valence-corrected chi connectivity index (χ2v) is 19.8. The van der Waals surface area contributed by atoms with Crippen molar-refractivity contribution in [2.75, 3.05) is 47.8 Å². The van der Waals surface area contributed by atoms with E-state index in [-0.39, 0.29) is 103 Å². The molecule has 0 aromatic heterocycles. The molecule has 0 aromatic rings. The highest BCUT2D eigenvalue weighted by Crippen LogP contribution is 2.74. The zero-order valence-electron chi connectivity index (χ0n) is 35.1. The Labute approximate surface area is 342 Å². The average Bonchev–Trinajstić information content (AvgIpc) is 4.04. The Morgan fingerprint density at radius 1 is 0.593 bits per heavy atom. The number of hydrogen-bond donors (Lipinski definition) is 4. The van der Waals surface area contributed by atoms with Crippen LogP contribution in [0.2, 0.25) is 0 Å². The number of carbonyl (C=O) groups is 7. The van der Waals surface area contributed by atoms with Gasteiger partial charge in [0.2, 0.25) is 0 Å². The number of esters is 3. The number of carboxylic acid groups (broad SMARTS) is 2. The summed E-state index contributed by atoms with van der Waals surface area (Å²) in [6.45, 7) is 12.2. The standard InChI is InChI=1S/2C14H18O6.C14H22O5/c2*1-13-5-20-11-9(13)6(4-7(15)19-3)8(10(11)16)14(13,2)12(17)18;1-13(5-15)9-7(4-8(16)18-3)10-12(11(9)17)19-6-14(10,13)2/h2*6,8-9,11H,4-5H2,1-3H3,(H,17,18);7,9-12,15,17H,4-6H2,1-3H3. The Kier molecular flexibility index (Phi) is 10.3. The second-order valence-electron chi connectivity index (χ2n) is 19.8. The summed E-state index contributed by atoms with van der Waals surface area (Å²) in [6.07, 6.45) is -1.42. The molecule has 6 aliphatic carbocycles. The summed E-state index contributed by atoms with van der Waals surface area (Å²) in [5, 5.41) is 39.7. The van der Waals surface area contributed by atoms with Crippen LogP contribution < -0.4 is 0 Å². The maximum absolute atomic E-state index is 12.4. The molecular weight excluding hydrogens is 776 g/mol. The van der Waals surface area contributed by atoms with Gasteiger partial charge in [-0.25, -0.2) is 0 Å². The van der Waals surface area contributed by atoms with E-state index in [0.29, 0.717) is 13.0 Å². The first-order valence-electron chi connectivity index (χ1n) is 20.4. The fourth-order valence-corrected chi connectivity index (χ4v) is 14.8. The number of Topliss-reactive ketones (excluding diaryl/α,β-unsaturated/α-hetero) is 2. The van der Waals surface area contributed by atoms with Crippen LogP contribution in [0.4, 0.5) is 0 Å². The monoisotopic (exact) mass is 834 g/mol. The number of aliphatic hydroxyl groups is 2. The number of hydrogen-bond acceptors (Lipinski definition) is 15. The third-order valence-corrected chi connectivity index (χ3v) is 18.3. The normalized spacial score (nSPS) is 50.6. The summed E-state index contributed by atoms with van der Waals surface area (Å²) in [5.74, 6) is -5.63. The number of carboxylic acids is 2. The molecule has 6 saturated carbocycles. The Bertz CT molecular complexity index is 1760. The van der Waals surface area contributed by atoms with E-state index in [1.807, 2.05) is 20.8 Å². The van der Waals surface area contributed by atoms with Gasteiger partial charge >= 0.3 is 29.8 Å². The molecule has 6 bridgehead atoms. The minimum atomic E-state index is -1.18. The fraction of sp³-hybridized carbons (Fsp3) is 0.833. The first kappa shape index (κ1) is 43.6. The lowest BCUT2D eigenvalue weighted by molar-refractivity contribution is -0.163. The van der Waals surface area contributed by atoms with Crippen molar-refractivity contribution in [3.05, 3.63) is 0 Å². The van der Waals surface area contributed by atoms with Gasteiger partial charge in [0.25, 0.3) is 0 Å². The van der Waals surface area contributed by atoms with Crippen LogP contribution in [0.1, 0.15) is 60.8 Å². The van der Waals surface area contributed by atoms with Crippen molar-refractivity contribution < 1.29 is 82.4 Å². The van der Waals surface area contributed by atoms with Gasteiger partial charge in [0.1, 0.15) is 12.2 Å². The van der Waals surface area contributed by atoms with Gasteiger partial charge in [0.15, 0.2) is 11.6 Å². The van der Waals surface area contributed by atoms with E-state index in [0.717, 1.165) is 0 Å². The molecular formula is C42H58O17. The fourth-order valence-electron chi connectivity index (χ4n) is 14.8. The van der Waals surface area contributed by atoms with Crippen LogP contribution in [0.15, 0.2) is 0 Å². The molecule has 19 atom stereocenters. The number of ketones is 2. The van der Waals surface area contributed by atoms with Crippen LogP contribution in [0.25, 0.3) is 0 Å². The van der Waals surface area contributed by atoms with Crippen molar-refractivity contribution in [2.45, 2.75) is 85.2 Å². The number of carbonyl (C=O) groups excluding carboxylic acids is 5. The number of aliphatic carboxylic acids is 2. The maximum Gasteiger partial charge on any atom is 0.310 e. The highest BCUT2D eigenvalue weighted by molar-refractivity contribution is 5.99. The molecule has 9 aliphatic rings. The zero-order chi connectivity index (χ0) is 43.7. The van der Waals surface area contributed by atoms with Gasteiger partial charge in [-0.2, -0.15) is 0 Å². The van der Waals surface area contributed by atoms with E-state index in [9.17, 15) is 54.0 Å². The summed E-state index contributed by atoms with van der Waals surface area (Å²) >= 11 is 0. The maximum atomic E-state index is 12.4. The van der Waals surface area contributed by atoms with Crippen LogP contribution in [0.3, 0.4) is 0 Å². The van der Waals surface area contributed by atoms with Gasteiger partial charge in [0.05, 0.1) is 64.2 Å². The number of aliphatic hydroxyl groups excluding tert-OH is 2. The molecule has 59 heavy (non-hydrogen) atoms. The van der Waals surface area contributed by atoms with E-state index in [1.54, 1.807) is 13.8 Å². The van der Waals surface area contributed by atoms with Gasteiger partial charge in [-0.1, -0.05) is 27.7 Å². The quantitative estimate of drug-likeness (QED) is 0.188. The van der Waals surface area contributed by atoms with Crippen LogP contribution in [0.5, 0.6) is 0 Å². The molecule has 4 N–H and O–H groups in total. The van der Waals surface area contributed by atoms with Gasteiger partial charge in [-0.05, 0) is 43.4 Å². The predicted molar refractivity (Wildman–Crippen MR) is 198 cm³/mol. The molecule has 3 saturated heterocycles. The van der Waals surface area contributed by atoms with Crippen molar-refractivity contribution >= 4 is 41.4 Å². The molecule has 9 rings (SSSR count). The summed E-state index contributed by atoms with van der Waals surface area (Å²) < 4.78 is 31.1. The van der Waals surface area contributed by atoms with Crippen LogP contribution in [0, 0.1) is 85.8 Å². The summed E-state index contributed by atoms with van der Waals surface area (Å²) in [4.78, 5) is 83.3. The van der Waals surface area contributed by atoms with Crippen molar-refractivity contribution in [3.63, 3.8) is 0 Å². The first-order chi connectivity index (χ1) is 27.5. The van der Waals surface area contributed by atoms with E-state index in [2.05, 4.69) is 16.4 Å². The van der Waals surface area contributed by atoms with Gasteiger partial charge in [-0.15, -0.1) is 0 Å². The minimum Gasteiger partial charge on any atom is -0.481 e. The Balaban J connectivity index is 0.000000134. The van der Waals surface area contributed by atoms with Gasteiger partial charge in [-0.3, -0.25) is 33.6 Å². The second kappa shape index (κ2) is 14.0. The number of methoxy groups -OCH3 is 3. The Morgan fingerprint density at radius 3 is 1.32 bits per heavy atom. The lowest BCUT2D eigenvalue weighted by atomic mass is 9.58. The summed E-state index contributed by atoms with van der Waals surface area (Å²) in [7, 11) is 3.97. The lowest BCUT2D eigenvalue weighted by Crippen LogP contribution is -2.52. The lowest BCUT2D eigenvalue weighted by Gasteiger charge is -2.46. The molecule has 3 aliphatic heterocycles. The average molecular weight is 835 g/mol. The van der Waals surface area contributed by atoms with Crippen molar-refractivity contribution in [1.29, 1.82) is 0 Å². The molecule has 328 valence electrons. The highest BCUT2D eigenvalue weighted by Gasteiger charge is 2.82. The molecule has 9 fully saturated rings.